The summed E-state index contributed by atoms with van der Waals surface area (Å²) in [6.45, 7) is 0. The van der Waals surface area contributed by atoms with Crippen LogP contribution in [0.15, 0.2) is 82.0 Å². The fraction of sp³-hybridized carbons (Fsp3) is 0.0400. The Morgan fingerprint density at radius 3 is 2.40 bits per heavy atom. The lowest BCUT2D eigenvalue weighted by Gasteiger charge is -2.08. The quantitative estimate of drug-likeness (QED) is 0.483. The number of hydrogen-bond donors (Lipinski definition) is 1. The third-order valence-corrected chi connectivity index (χ3v) is 4.72. The van der Waals surface area contributed by atoms with Crippen molar-refractivity contribution in [2.75, 3.05) is 7.11 Å². The molecule has 3 aromatic carbocycles. The van der Waals surface area contributed by atoms with E-state index in [0.717, 1.165) is 11.1 Å². The van der Waals surface area contributed by atoms with Crippen molar-refractivity contribution < 1.29 is 19.1 Å². The van der Waals surface area contributed by atoms with E-state index in [2.05, 4.69) is 0 Å². The van der Waals surface area contributed by atoms with Crippen LogP contribution in [-0.2, 0) is 4.74 Å². The van der Waals surface area contributed by atoms with Crippen LogP contribution in [0.5, 0.6) is 5.75 Å². The zero-order chi connectivity index (χ0) is 21.1. The molecule has 5 heteroatoms. The lowest BCUT2D eigenvalue weighted by molar-refractivity contribution is 0.0600. The highest BCUT2D eigenvalue weighted by Crippen LogP contribution is 2.28. The van der Waals surface area contributed by atoms with Crippen LogP contribution in [0.4, 0.5) is 0 Å². The summed E-state index contributed by atoms with van der Waals surface area (Å²) < 4.78 is 10.7. The van der Waals surface area contributed by atoms with Gasteiger partial charge in [0.15, 0.2) is 0 Å². The molecule has 4 aromatic rings. The molecule has 0 atom stereocenters. The van der Waals surface area contributed by atoms with Gasteiger partial charge in [-0.2, -0.15) is 0 Å². The van der Waals surface area contributed by atoms with Crippen molar-refractivity contribution in [3.8, 4) is 16.9 Å². The Morgan fingerprint density at radius 1 is 0.967 bits per heavy atom. The number of ether oxygens (including phenoxy) is 1. The molecule has 0 unspecified atom stereocenters. The second-order valence-electron chi connectivity index (χ2n) is 6.66. The number of phenols is 1. The van der Waals surface area contributed by atoms with Crippen LogP contribution >= 0.6 is 0 Å². The molecule has 0 aliphatic carbocycles. The Hall–Kier alpha value is -4.12. The Balaban J connectivity index is 1.83. The summed E-state index contributed by atoms with van der Waals surface area (Å²) in [5.41, 5.74) is 2.58. The van der Waals surface area contributed by atoms with E-state index in [1.165, 1.54) is 19.2 Å². The number of fused-ring (bicyclic) bond motifs is 1. The number of phenolic OH excluding ortho intramolecular Hbond substituents is 1. The normalized spacial score (nSPS) is 11.1. The van der Waals surface area contributed by atoms with Gasteiger partial charge in [-0.1, -0.05) is 48.5 Å². The first-order valence-corrected chi connectivity index (χ1v) is 9.28. The van der Waals surface area contributed by atoms with Crippen molar-refractivity contribution in [2.24, 2.45) is 0 Å². The molecule has 1 N–H and O–H groups in total. The SMILES string of the molecule is COC(=O)c1ccc(/C=C/c2oc3cc(O)ccc3c(=O)c2-c2ccccc2)cc1. The maximum absolute atomic E-state index is 13.2. The van der Waals surface area contributed by atoms with E-state index in [-0.39, 0.29) is 11.2 Å². The zero-order valence-electron chi connectivity index (χ0n) is 16.2. The first-order valence-electron chi connectivity index (χ1n) is 9.28. The highest BCUT2D eigenvalue weighted by atomic mass is 16.5. The molecule has 1 heterocycles. The van der Waals surface area contributed by atoms with Crippen molar-refractivity contribution in [2.45, 2.75) is 0 Å². The molecule has 5 nitrogen and oxygen atoms in total. The first kappa shape index (κ1) is 19.2. The van der Waals surface area contributed by atoms with E-state index >= 15 is 0 Å². The van der Waals surface area contributed by atoms with E-state index in [9.17, 15) is 14.7 Å². The second kappa shape index (κ2) is 8.09. The minimum absolute atomic E-state index is 0.0199. The molecule has 1 aromatic heterocycles. The van der Waals surface area contributed by atoms with Gasteiger partial charge in [0.25, 0.3) is 0 Å². The largest absolute Gasteiger partial charge is 0.508 e. The van der Waals surface area contributed by atoms with Crippen LogP contribution in [0.3, 0.4) is 0 Å². The van der Waals surface area contributed by atoms with Crippen molar-refractivity contribution in [3.63, 3.8) is 0 Å². The van der Waals surface area contributed by atoms with Crippen LogP contribution in [0.1, 0.15) is 21.7 Å². The Bertz CT molecular complexity index is 1300. The maximum Gasteiger partial charge on any atom is 0.337 e. The van der Waals surface area contributed by atoms with Crippen LogP contribution in [-0.4, -0.2) is 18.2 Å². The van der Waals surface area contributed by atoms with E-state index in [4.69, 9.17) is 9.15 Å². The van der Waals surface area contributed by atoms with Crippen LogP contribution in [0.25, 0.3) is 34.2 Å². The highest BCUT2D eigenvalue weighted by Gasteiger charge is 2.15. The van der Waals surface area contributed by atoms with Gasteiger partial charge < -0.3 is 14.3 Å². The predicted octanol–water partition coefficient (Wildman–Crippen LogP) is 5.12. The van der Waals surface area contributed by atoms with Gasteiger partial charge in [-0.05, 0) is 41.5 Å². The standard InChI is InChI=1S/C25H18O5/c1-29-25(28)18-10-7-16(8-11-18)9-14-21-23(17-5-3-2-4-6-17)24(27)20-13-12-19(26)15-22(20)30-21/h2-15,26H,1H3/b14-9+. The molecule has 4 rings (SSSR count). The van der Waals surface area contributed by atoms with Gasteiger partial charge in [-0.15, -0.1) is 0 Å². The van der Waals surface area contributed by atoms with Crippen LogP contribution in [0.2, 0.25) is 0 Å². The van der Waals surface area contributed by atoms with E-state index in [0.29, 0.717) is 27.9 Å². The van der Waals surface area contributed by atoms with Crippen molar-refractivity contribution >= 4 is 29.1 Å². The summed E-state index contributed by atoms with van der Waals surface area (Å²) in [5.74, 6) is -0.00925. The van der Waals surface area contributed by atoms with Gasteiger partial charge in [0, 0.05) is 6.07 Å². The maximum atomic E-state index is 13.2. The summed E-state index contributed by atoms with van der Waals surface area (Å²) >= 11 is 0. The minimum Gasteiger partial charge on any atom is -0.508 e. The molecule has 0 aliphatic rings. The second-order valence-corrected chi connectivity index (χ2v) is 6.66. The van der Waals surface area contributed by atoms with Crippen LogP contribution in [0, 0.1) is 0 Å². The predicted molar refractivity (Wildman–Crippen MR) is 116 cm³/mol. The fourth-order valence-electron chi connectivity index (χ4n) is 3.21. The van der Waals surface area contributed by atoms with E-state index in [1.807, 2.05) is 30.3 Å². The lowest BCUT2D eigenvalue weighted by Crippen LogP contribution is -2.07. The van der Waals surface area contributed by atoms with Crippen molar-refractivity contribution in [1.29, 1.82) is 0 Å². The van der Waals surface area contributed by atoms with E-state index < -0.39 is 5.97 Å². The van der Waals surface area contributed by atoms with Gasteiger partial charge in [-0.3, -0.25) is 4.79 Å². The molecule has 0 radical (unpaired) electrons. The fourth-order valence-corrected chi connectivity index (χ4v) is 3.21. The van der Waals surface area contributed by atoms with Gasteiger partial charge in [0.05, 0.1) is 23.6 Å². The molecule has 0 spiro atoms. The summed E-state index contributed by atoms with van der Waals surface area (Å²) in [7, 11) is 1.33. The van der Waals surface area contributed by atoms with Gasteiger partial charge >= 0.3 is 5.97 Å². The average molecular weight is 398 g/mol. The third-order valence-electron chi connectivity index (χ3n) is 4.72. The van der Waals surface area contributed by atoms with Crippen molar-refractivity contribution in [3.05, 3.63) is 99.9 Å². The molecule has 0 saturated carbocycles. The molecule has 148 valence electrons. The highest BCUT2D eigenvalue weighted by molar-refractivity contribution is 5.90. The number of esters is 1. The van der Waals surface area contributed by atoms with Crippen LogP contribution < -0.4 is 5.43 Å². The number of methoxy groups -OCH3 is 1. The Labute approximate surface area is 172 Å². The van der Waals surface area contributed by atoms with Gasteiger partial charge in [0.2, 0.25) is 5.43 Å². The number of carbonyl (C=O) groups is 1. The topological polar surface area (TPSA) is 76.7 Å². The Kier molecular flexibility index (Phi) is 5.18. The number of carbonyl (C=O) groups excluding carboxylic acids is 1. The Morgan fingerprint density at radius 2 is 1.70 bits per heavy atom. The van der Waals surface area contributed by atoms with Gasteiger partial charge in [0.1, 0.15) is 17.1 Å². The number of aromatic hydroxyl groups is 1. The number of hydrogen-bond acceptors (Lipinski definition) is 5. The molecule has 0 amide bonds. The van der Waals surface area contributed by atoms with Crippen molar-refractivity contribution in [1.82, 2.24) is 0 Å². The molecule has 0 bridgehead atoms. The monoisotopic (exact) mass is 398 g/mol. The average Bonchev–Trinajstić information content (AvgIpc) is 2.78. The summed E-state index contributed by atoms with van der Waals surface area (Å²) in [5, 5.41) is 10.2. The van der Waals surface area contributed by atoms with Gasteiger partial charge in [-0.25, -0.2) is 4.79 Å². The molecule has 0 saturated heterocycles. The minimum atomic E-state index is -0.405. The number of benzene rings is 3. The summed E-state index contributed by atoms with van der Waals surface area (Å²) in [4.78, 5) is 24.8. The molecule has 0 aliphatic heterocycles. The molecule has 0 fully saturated rings. The summed E-state index contributed by atoms with van der Waals surface area (Å²) in [6.07, 6.45) is 3.50. The number of rotatable bonds is 4. The lowest BCUT2D eigenvalue weighted by atomic mass is 10.0. The smallest absolute Gasteiger partial charge is 0.337 e. The third kappa shape index (κ3) is 3.73. The molecule has 30 heavy (non-hydrogen) atoms. The zero-order valence-corrected chi connectivity index (χ0v) is 16.2. The first-order chi connectivity index (χ1) is 14.6. The van der Waals surface area contributed by atoms with E-state index in [1.54, 1.807) is 42.5 Å². The molecular formula is C25H18O5. The molecular weight excluding hydrogens is 380 g/mol. The summed E-state index contributed by atoms with van der Waals surface area (Å²) in [6, 6.07) is 20.6.